The summed E-state index contributed by atoms with van der Waals surface area (Å²) in [7, 11) is 0. The molecule has 0 aliphatic carbocycles. The van der Waals surface area contributed by atoms with Crippen LogP contribution in [0.25, 0.3) is 6.08 Å². The Morgan fingerprint density at radius 3 is 2.85 bits per heavy atom. The maximum absolute atomic E-state index is 5.93. The molecule has 0 amide bonds. The van der Waals surface area contributed by atoms with E-state index in [2.05, 4.69) is 6.07 Å². The molecule has 1 aromatic rings. The molecule has 2 N–H and O–H groups in total. The fraction of sp³-hybridized carbons (Fsp3) is 0.200. The minimum atomic E-state index is 0.557. The number of nitrogens with two attached hydrogens (primary N) is 1. The van der Waals surface area contributed by atoms with Crippen LogP contribution in [0.1, 0.15) is 5.56 Å². The molecule has 0 heterocycles. The average Bonchev–Trinajstić information content (AvgIpc) is 2.14. The molecule has 1 aromatic carbocycles. The van der Waals surface area contributed by atoms with Gasteiger partial charge in [0.2, 0.25) is 0 Å². The second kappa shape index (κ2) is 5.32. The SMILES string of the molecule is CSc1cc(Cl)cc(/C=C/CN)c1. The van der Waals surface area contributed by atoms with Crippen molar-refractivity contribution in [2.75, 3.05) is 12.8 Å². The van der Waals surface area contributed by atoms with E-state index in [1.54, 1.807) is 11.8 Å². The Labute approximate surface area is 88.0 Å². The molecule has 0 aliphatic rings. The molecular weight excluding hydrogens is 202 g/mol. The summed E-state index contributed by atoms with van der Waals surface area (Å²) in [6, 6.07) is 5.96. The Bertz CT molecular complexity index is 310. The van der Waals surface area contributed by atoms with E-state index < -0.39 is 0 Å². The van der Waals surface area contributed by atoms with Crippen LogP contribution in [0.2, 0.25) is 5.02 Å². The first kappa shape index (κ1) is 10.6. The van der Waals surface area contributed by atoms with Crippen LogP contribution in [0.4, 0.5) is 0 Å². The maximum Gasteiger partial charge on any atom is 0.0423 e. The van der Waals surface area contributed by atoms with Crippen molar-refractivity contribution in [1.29, 1.82) is 0 Å². The lowest BCUT2D eigenvalue weighted by molar-refractivity contribution is 1.26. The standard InChI is InChI=1S/C10H12ClNS/c1-13-10-6-8(3-2-4-12)5-9(11)7-10/h2-3,5-7H,4,12H2,1H3/b3-2+. The fourth-order valence-electron chi connectivity index (χ4n) is 1.00. The topological polar surface area (TPSA) is 26.0 Å². The van der Waals surface area contributed by atoms with Crippen molar-refractivity contribution >= 4 is 29.4 Å². The molecule has 0 saturated carbocycles. The lowest BCUT2D eigenvalue weighted by Gasteiger charge is -2.00. The van der Waals surface area contributed by atoms with Crippen LogP contribution in [0.15, 0.2) is 29.2 Å². The molecule has 0 aliphatic heterocycles. The van der Waals surface area contributed by atoms with E-state index >= 15 is 0 Å². The Hall–Kier alpha value is -0.440. The third-order valence-electron chi connectivity index (χ3n) is 1.58. The summed E-state index contributed by atoms with van der Waals surface area (Å²) in [6.45, 7) is 0.557. The second-order valence-electron chi connectivity index (χ2n) is 2.56. The number of hydrogen-bond donors (Lipinski definition) is 1. The van der Waals surface area contributed by atoms with E-state index in [0.29, 0.717) is 6.54 Å². The molecule has 13 heavy (non-hydrogen) atoms. The molecule has 0 bridgehead atoms. The summed E-state index contributed by atoms with van der Waals surface area (Å²) in [5.74, 6) is 0. The lowest BCUT2D eigenvalue weighted by atomic mass is 10.2. The van der Waals surface area contributed by atoms with E-state index in [1.807, 2.05) is 30.5 Å². The van der Waals surface area contributed by atoms with E-state index in [9.17, 15) is 0 Å². The first-order chi connectivity index (χ1) is 6.26. The summed E-state index contributed by atoms with van der Waals surface area (Å²) in [5.41, 5.74) is 6.46. The average molecular weight is 214 g/mol. The molecule has 0 saturated heterocycles. The monoisotopic (exact) mass is 213 g/mol. The fourth-order valence-corrected chi connectivity index (χ4v) is 1.81. The Balaban J connectivity index is 2.94. The second-order valence-corrected chi connectivity index (χ2v) is 3.88. The van der Waals surface area contributed by atoms with Gasteiger partial charge in [-0.05, 0) is 30.0 Å². The van der Waals surface area contributed by atoms with E-state index in [-0.39, 0.29) is 0 Å². The smallest absolute Gasteiger partial charge is 0.0423 e. The van der Waals surface area contributed by atoms with Gasteiger partial charge in [-0.15, -0.1) is 11.8 Å². The third kappa shape index (κ3) is 3.43. The first-order valence-corrected chi connectivity index (χ1v) is 5.57. The predicted molar refractivity (Wildman–Crippen MR) is 61.3 cm³/mol. The molecule has 0 unspecified atom stereocenters. The summed E-state index contributed by atoms with van der Waals surface area (Å²) >= 11 is 7.61. The highest BCUT2D eigenvalue weighted by atomic mass is 35.5. The van der Waals surface area contributed by atoms with Crippen LogP contribution in [-0.2, 0) is 0 Å². The van der Waals surface area contributed by atoms with Crippen LogP contribution >= 0.6 is 23.4 Å². The largest absolute Gasteiger partial charge is 0.327 e. The quantitative estimate of drug-likeness (QED) is 0.782. The zero-order valence-electron chi connectivity index (χ0n) is 7.46. The minimum absolute atomic E-state index is 0.557. The lowest BCUT2D eigenvalue weighted by Crippen LogP contribution is -1.91. The molecule has 0 atom stereocenters. The highest BCUT2D eigenvalue weighted by Gasteiger charge is 1.95. The molecule has 70 valence electrons. The molecular formula is C10H12ClNS. The van der Waals surface area contributed by atoms with Crippen LogP contribution in [0, 0.1) is 0 Å². The normalized spacial score (nSPS) is 11.0. The number of benzene rings is 1. The van der Waals surface area contributed by atoms with Gasteiger partial charge in [0.25, 0.3) is 0 Å². The van der Waals surface area contributed by atoms with Crippen molar-refractivity contribution in [2.24, 2.45) is 5.73 Å². The Kier molecular flexibility index (Phi) is 4.36. The number of hydrogen-bond acceptors (Lipinski definition) is 2. The van der Waals surface area contributed by atoms with Crippen molar-refractivity contribution < 1.29 is 0 Å². The molecule has 3 heteroatoms. The highest BCUT2D eigenvalue weighted by molar-refractivity contribution is 7.98. The molecule has 0 radical (unpaired) electrons. The third-order valence-corrected chi connectivity index (χ3v) is 2.50. The highest BCUT2D eigenvalue weighted by Crippen LogP contribution is 2.22. The first-order valence-electron chi connectivity index (χ1n) is 3.97. The van der Waals surface area contributed by atoms with Gasteiger partial charge in [0.15, 0.2) is 0 Å². The Morgan fingerprint density at radius 1 is 1.46 bits per heavy atom. The van der Waals surface area contributed by atoms with Crippen LogP contribution < -0.4 is 5.73 Å². The minimum Gasteiger partial charge on any atom is -0.327 e. The number of thioether (sulfide) groups is 1. The maximum atomic E-state index is 5.93. The van der Waals surface area contributed by atoms with Gasteiger partial charge in [-0.2, -0.15) is 0 Å². The summed E-state index contributed by atoms with van der Waals surface area (Å²) in [5, 5.41) is 0.767. The van der Waals surface area contributed by atoms with Gasteiger partial charge in [0.1, 0.15) is 0 Å². The van der Waals surface area contributed by atoms with Crippen molar-refractivity contribution in [3.8, 4) is 0 Å². The Morgan fingerprint density at radius 2 is 2.23 bits per heavy atom. The van der Waals surface area contributed by atoms with Crippen molar-refractivity contribution in [3.63, 3.8) is 0 Å². The van der Waals surface area contributed by atoms with Crippen molar-refractivity contribution in [3.05, 3.63) is 34.9 Å². The molecule has 0 fully saturated rings. The van der Waals surface area contributed by atoms with E-state index in [0.717, 1.165) is 10.6 Å². The van der Waals surface area contributed by atoms with Crippen LogP contribution in [0.5, 0.6) is 0 Å². The van der Waals surface area contributed by atoms with Gasteiger partial charge in [-0.3, -0.25) is 0 Å². The van der Waals surface area contributed by atoms with E-state index in [4.69, 9.17) is 17.3 Å². The number of halogens is 1. The number of rotatable bonds is 3. The summed E-state index contributed by atoms with van der Waals surface area (Å²) in [4.78, 5) is 1.17. The molecule has 1 nitrogen and oxygen atoms in total. The van der Waals surface area contributed by atoms with E-state index in [1.165, 1.54) is 4.90 Å². The molecule has 0 aromatic heterocycles. The summed E-state index contributed by atoms with van der Waals surface area (Å²) in [6.07, 6.45) is 5.92. The predicted octanol–water partition coefficient (Wildman–Crippen LogP) is 3.03. The van der Waals surface area contributed by atoms with Gasteiger partial charge < -0.3 is 5.73 Å². The zero-order valence-corrected chi connectivity index (χ0v) is 9.03. The van der Waals surface area contributed by atoms with Gasteiger partial charge in [-0.25, -0.2) is 0 Å². The van der Waals surface area contributed by atoms with Gasteiger partial charge in [0, 0.05) is 16.5 Å². The molecule has 0 spiro atoms. The van der Waals surface area contributed by atoms with Crippen LogP contribution in [-0.4, -0.2) is 12.8 Å². The van der Waals surface area contributed by atoms with Crippen molar-refractivity contribution in [2.45, 2.75) is 4.90 Å². The van der Waals surface area contributed by atoms with Gasteiger partial charge in [-0.1, -0.05) is 23.8 Å². The van der Waals surface area contributed by atoms with Crippen molar-refractivity contribution in [1.82, 2.24) is 0 Å². The van der Waals surface area contributed by atoms with Crippen LogP contribution in [0.3, 0.4) is 0 Å². The molecule has 1 rings (SSSR count). The van der Waals surface area contributed by atoms with Gasteiger partial charge in [0.05, 0.1) is 0 Å². The summed E-state index contributed by atoms with van der Waals surface area (Å²) < 4.78 is 0. The zero-order chi connectivity index (χ0) is 9.68. The van der Waals surface area contributed by atoms with Gasteiger partial charge >= 0.3 is 0 Å².